The van der Waals surface area contributed by atoms with E-state index in [0.29, 0.717) is 0 Å². The van der Waals surface area contributed by atoms with Crippen LogP contribution in [0.4, 0.5) is 4.79 Å². The lowest BCUT2D eigenvalue weighted by atomic mass is 9.98. The summed E-state index contributed by atoms with van der Waals surface area (Å²) in [5.74, 6) is -2.51. The first-order valence-corrected chi connectivity index (χ1v) is 6.48. The standard InChI is InChI=1S/C15H14N2O4/c18-11(7-6-10-4-2-1-3-5-10)8-9-12-13(19)16-15(21)17-14(12)20/h1-7,12H,8-9H2,(H2,16,17,19,20,21)/b7-6-. The van der Waals surface area contributed by atoms with E-state index in [9.17, 15) is 19.2 Å². The molecule has 6 heteroatoms. The molecule has 0 aromatic heterocycles. The minimum atomic E-state index is -1.00. The molecule has 108 valence electrons. The summed E-state index contributed by atoms with van der Waals surface area (Å²) < 4.78 is 0. The van der Waals surface area contributed by atoms with Crippen LogP contribution in [0.2, 0.25) is 0 Å². The lowest BCUT2D eigenvalue weighted by Crippen LogP contribution is -2.55. The van der Waals surface area contributed by atoms with Crippen molar-refractivity contribution in [3.05, 3.63) is 42.0 Å². The van der Waals surface area contributed by atoms with Crippen LogP contribution in [0.3, 0.4) is 0 Å². The third-order valence-corrected chi connectivity index (χ3v) is 3.05. The summed E-state index contributed by atoms with van der Waals surface area (Å²) >= 11 is 0. The summed E-state index contributed by atoms with van der Waals surface area (Å²) in [6.45, 7) is 0. The van der Waals surface area contributed by atoms with Gasteiger partial charge in [0.05, 0.1) is 0 Å². The van der Waals surface area contributed by atoms with E-state index < -0.39 is 23.8 Å². The molecule has 0 atom stereocenters. The monoisotopic (exact) mass is 286 g/mol. The minimum Gasteiger partial charge on any atom is -0.295 e. The van der Waals surface area contributed by atoms with Gasteiger partial charge in [-0.3, -0.25) is 25.0 Å². The molecule has 4 amide bonds. The quantitative estimate of drug-likeness (QED) is 0.624. The number of amides is 4. The Kier molecular flexibility index (Phi) is 4.61. The minimum absolute atomic E-state index is 0.0586. The van der Waals surface area contributed by atoms with E-state index >= 15 is 0 Å². The number of hydrogen-bond acceptors (Lipinski definition) is 4. The van der Waals surface area contributed by atoms with Gasteiger partial charge >= 0.3 is 6.03 Å². The molecule has 0 radical (unpaired) electrons. The second-order valence-electron chi connectivity index (χ2n) is 4.61. The zero-order valence-corrected chi connectivity index (χ0v) is 11.2. The molecule has 6 nitrogen and oxygen atoms in total. The summed E-state index contributed by atoms with van der Waals surface area (Å²) in [6.07, 6.45) is 3.22. The SMILES string of the molecule is O=C(/C=C\c1ccccc1)CCC1C(=O)NC(=O)NC1=O. The second-order valence-corrected chi connectivity index (χ2v) is 4.61. The Balaban J connectivity index is 1.86. The van der Waals surface area contributed by atoms with Crippen LogP contribution in [0.5, 0.6) is 0 Å². The van der Waals surface area contributed by atoms with Gasteiger partial charge in [-0.1, -0.05) is 36.4 Å². The fourth-order valence-corrected chi connectivity index (χ4v) is 1.93. The molecule has 2 N–H and O–H groups in total. The van der Waals surface area contributed by atoms with Gasteiger partial charge in [0.1, 0.15) is 5.92 Å². The van der Waals surface area contributed by atoms with Crippen LogP contribution in [0.1, 0.15) is 18.4 Å². The fraction of sp³-hybridized carbons (Fsp3) is 0.200. The van der Waals surface area contributed by atoms with Crippen LogP contribution < -0.4 is 10.6 Å². The van der Waals surface area contributed by atoms with Gasteiger partial charge in [0.2, 0.25) is 11.8 Å². The number of imide groups is 2. The molecule has 1 aromatic rings. The predicted molar refractivity (Wildman–Crippen MR) is 74.9 cm³/mol. The Hall–Kier alpha value is -2.76. The normalized spacial score (nSPS) is 15.9. The molecule has 0 aliphatic carbocycles. The maximum Gasteiger partial charge on any atom is 0.328 e. The first kappa shape index (κ1) is 14.6. The van der Waals surface area contributed by atoms with Gasteiger partial charge in [-0.2, -0.15) is 0 Å². The second kappa shape index (κ2) is 6.60. The van der Waals surface area contributed by atoms with E-state index in [-0.39, 0.29) is 18.6 Å². The summed E-state index contributed by atoms with van der Waals surface area (Å²) in [5, 5.41) is 4.00. The van der Waals surface area contributed by atoms with Crippen molar-refractivity contribution >= 4 is 29.7 Å². The van der Waals surface area contributed by atoms with E-state index in [1.54, 1.807) is 6.08 Å². The van der Waals surface area contributed by atoms with Gasteiger partial charge in [0.15, 0.2) is 5.78 Å². The maximum absolute atomic E-state index is 11.7. The molecule has 1 saturated heterocycles. The summed E-state index contributed by atoms with van der Waals surface area (Å²) in [4.78, 5) is 45.6. The first-order chi connectivity index (χ1) is 10.1. The van der Waals surface area contributed by atoms with Gasteiger partial charge in [0.25, 0.3) is 0 Å². The Morgan fingerprint density at radius 1 is 1.05 bits per heavy atom. The van der Waals surface area contributed by atoms with Gasteiger partial charge in [-0.05, 0) is 18.1 Å². The lowest BCUT2D eigenvalue weighted by molar-refractivity contribution is -0.136. The number of allylic oxidation sites excluding steroid dienone is 1. The van der Waals surface area contributed by atoms with Crippen LogP contribution in [-0.2, 0) is 14.4 Å². The Morgan fingerprint density at radius 3 is 2.29 bits per heavy atom. The van der Waals surface area contributed by atoms with Crippen molar-refractivity contribution in [2.75, 3.05) is 0 Å². The zero-order valence-electron chi connectivity index (χ0n) is 11.2. The van der Waals surface area contributed by atoms with Crippen LogP contribution in [0.25, 0.3) is 6.08 Å². The van der Waals surface area contributed by atoms with E-state index in [1.807, 2.05) is 41.0 Å². The highest BCUT2D eigenvalue weighted by Gasteiger charge is 2.33. The smallest absolute Gasteiger partial charge is 0.295 e. The van der Waals surface area contributed by atoms with E-state index in [2.05, 4.69) is 0 Å². The van der Waals surface area contributed by atoms with Gasteiger partial charge < -0.3 is 0 Å². The molecule has 1 aliphatic rings. The highest BCUT2D eigenvalue weighted by atomic mass is 16.2. The largest absolute Gasteiger partial charge is 0.328 e. The van der Waals surface area contributed by atoms with Crippen LogP contribution in [-0.4, -0.2) is 23.6 Å². The van der Waals surface area contributed by atoms with Crippen molar-refractivity contribution < 1.29 is 19.2 Å². The molecule has 1 aliphatic heterocycles. The van der Waals surface area contributed by atoms with Crippen LogP contribution in [0, 0.1) is 5.92 Å². The van der Waals surface area contributed by atoms with Crippen LogP contribution in [0.15, 0.2) is 36.4 Å². The highest BCUT2D eigenvalue weighted by Crippen LogP contribution is 2.11. The van der Waals surface area contributed by atoms with E-state index in [0.717, 1.165) is 5.56 Å². The number of rotatable bonds is 5. The number of nitrogens with one attached hydrogen (secondary N) is 2. The third kappa shape index (κ3) is 4.10. The Labute approximate surface area is 121 Å². The number of benzene rings is 1. The van der Waals surface area contributed by atoms with Crippen molar-refractivity contribution in [1.82, 2.24) is 10.6 Å². The molecule has 2 rings (SSSR count). The van der Waals surface area contributed by atoms with E-state index in [4.69, 9.17) is 0 Å². The molecule has 0 unspecified atom stereocenters. The number of barbiturate groups is 1. The molecule has 21 heavy (non-hydrogen) atoms. The first-order valence-electron chi connectivity index (χ1n) is 6.48. The average Bonchev–Trinajstić information content (AvgIpc) is 2.45. The number of carbonyl (C=O) groups excluding carboxylic acids is 4. The molecular formula is C15H14N2O4. The topological polar surface area (TPSA) is 92.3 Å². The lowest BCUT2D eigenvalue weighted by Gasteiger charge is -2.19. The third-order valence-electron chi connectivity index (χ3n) is 3.05. The van der Waals surface area contributed by atoms with Gasteiger partial charge in [0, 0.05) is 6.42 Å². The Morgan fingerprint density at radius 2 is 1.67 bits per heavy atom. The van der Waals surface area contributed by atoms with Crippen molar-refractivity contribution in [2.24, 2.45) is 5.92 Å². The van der Waals surface area contributed by atoms with Gasteiger partial charge in [-0.25, -0.2) is 4.79 Å². The molecule has 1 aromatic carbocycles. The van der Waals surface area contributed by atoms with Crippen molar-refractivity contribution in [3.8, 4) is 0 Å². The summed E-state index contributed by atoms with van der Waals surface area (Å²) in [7, 11) is 0. The fourth-order valence-electron chi connectivity index (χ4n) is 1.93. The molecular weight excluding hydrogens is 272 g/mol. The Bertz CT molecular complexity index is 587. The van der Waals surface area contributed by atoms with Crippen molar-refractivity contribution in [2.45, 2.75) is 12.8 Å². The summed E-state index contributed by atoms with van der Waals surface area (Å²) in [6, 6.07) is 8.49. The molecule has 0 saturated carbocycles. The molecule has 1 fully saturated rings. The van der Waals surface area contributed by atoms with E-state index in [1.165, 1.54) is 6.08 Å². The van der Waals surface area contributed by atoms with Gasteiger partial charge in [-0.15, -0.1) is 0 Å². The maximum atomic E-state index is 11.7. The summed E-state index contributed by atoms with van der Waals surface area (Å²) in [5.41, 5.74) is 0.893. The molecule has 0 spiro atoms. The van der Waals surface area contributed by atoms with Crippen LogP contribution >= 0.6 is 0 Å². The average molecular weight is 286 g/mol. The molecule has 0 bridgehead atoms. The highest BCUT2D eigenvalue weighted by molar-refractivity contribution is 6.16. The zero-order chi connectivity index (χ0) is 15.2. The van der Waals surface area contributed by atoms with Crippen molar-refractivity contribution in [1.29, 1.82) is 0 Å². The number of ketones is 1. The van der Waals surface area contributed by atoms with Crippen molar-refractivity contribution in [3.63, 3.8) is 0 Å². The number of urea groups is 1. The number of hydrogen-bond donors (Lipinski definition) is 2. The number of carbonyl (C=O) groups is 4. The molecule has 1 heterocycles. The predicted octanol–water partition coefficient (Wildman–Crippen LogP) is 1.03.